The molecule has 0 fully saturated rings. The molecule has 0 bridgehead atoms. The van der Waals surface area contributed by atoms with Crippen LogP contribution in [0.5, 0.6) is 0 Å². The van der Waals surface area contributed by atoms with E-state index in [0.717, 1.165) is 5.56 Å². The second kappa shape index (κ2) is 5.42. The van der Waals surface area contributed by atoms with Crippen molar-refractivity contribution >= 4 is 29.2 Å². The molecule has 94 valence electrons. The number of hydrogen-bond donors (Lipinski definition) is 1. The van der Waals surface area contributed by atoms with Crippen molar-refractivity contribution in [3.8, 4) is 0 Å². The molecule has 1 N–H and O–H groups in total. The molecule has 0 saturated carbocycles. The molecule has 2 aromatic rings. The summed E-state index contributed by atoms with van der Waals surface area (Å²) in [5.74, 6) is 0.172. The van der Waals surface area contributed by atoms with Crippen LogP contribution < -0.4 is 0 Å². The van der Waals surface area contributed by atoms with E-state index in [4.69, 9.17) is 23.2 Å². The zero-order valence-corrected chi connectivity index (χ0v) is 11.0. The van der Waals surface area contributed by atoms with Crippen LogP contribution in [-0.2, 0) is 11.2 Å². The number of ether oxygens (including phenoxy) is 1. The lowest BCUT2D eigenvalue weighted by molar-refractivity contribution is 0.0594. The third kappa shape index (κ3) is 2.66. The summed E-state index contributed by atoms with van der Waals surface area (Å²) < 4.78 is 4.59. The lowest BCUT2D eigenvalue weighted by atomic mass is 10.1. The maximum absolute atomic E-state index is 11.3. The summed E-state index contributed by atoms with van der Waals surface area (Å²) in [5, 5.41) is 0.990. The molecular weight excluding hydrogens is 275 g/mol. The van der Waals surface area contributed by atoms with Crippen molar-refractivity contribution in [2.45, 2.75) is 6.42 Å². The first kappa shape index (κ1) is 12.9. The maximum Gasteiger partial charge on any atom is 0.356 e. The predicted octanol–water partition coefficient (Wildman–Crippen LogP) is 3.09. The second-order valence-electron chi connectivity index (χ2n) is 3.62. The first-order chi connectivity index (χ1) is 8.61. The molecule has 6 heteroatoms. The van der Waals surface area contributed by atoms with Gasteiger partial charge in [0.2, 0.25) is 0 Å². The van der Waals surface area contributed by atoms with Gasteiger partial charge in [-0.25, -0.2) is 9.78 Å². The van der Waals surface area contributed by atoms with E-state index in [-0.39, 0.29) is 0 Å². The number of esters is 1. The minimum absolute atomic E-state index is 0.311. The molecule has 0 spiro atoms. The number of methoxy groups -OCH3 is 1. The Balaban J connectivity index is 2.21. The van der Waals surface area contributed by atoms with E-state index in [9.17, 15) is 4.79 Å². The van der Waals surface area contributed by atoms with Crippen molar-refractivity contribution in [1.29, 1.82) is 0 Å². The van der Waals surface area contributed by atoms with E-state index in [1.54, 1.807) is 6.07 Å². The van der Waals surface area contributed by atoms with Crippen LogP contribution >= 0.6 is 23.2 Å². The van der Waals surface area contributed by atoms with Crippen molar-refractivity contribution < 1.29 is 9.53 Å². The smallest absolute Gasteiger partial charge is 0.356 e. The Morgan fingerprint density at radius 1 is 1.44 bits per heavy atom. The number of hydrogen-bond acceptors (Lipinski definition) is 3. The van der Waals surface area contributed by atoms with Gasteiger partial charge in [0.25, 0.3) is 0 Å². The van der Waals surface area contributed by atoms with Crippen molar-refractivity contribution in [3.63, 3.8) is 0 Å². The van der Waals surface area contributed by atoms with Gasteiger partial charge >= 0.3 is 5.97 Å². The van der Waals surface area contributed by atoms with E-state index in [1.165, 1.54) is 13.3 Å². The maximum atomic E-state index is 11.3. The molecule has 0 radical (unpaired) electrons. The number of nitrogens with zero attached hydrogens (tertiary/aromatic N) is 1. The van der Waals surface area contributed by atoms with Crippen LogP contribution in [0.1, 0.15) is 21.9 Å². The Labute approximate surface area is 114 Å². The van der Waals surface area contributed by atoms with E-state index in [0.29, 0.717) is 28.0 Å². The van der Waals surface area contributed by atoms with Gasteiger partial charge in [-0.05, 0) is 11.6 Å². The Bertz CT molecular complexity index is 581. The van der Waals surface area contributed by atoms with Crippen LogP contribution in [-0.4, -0.2) is 23.0 Å². The van der Waals surface area contributed by atoms with Gasteiger partial charge in [-0.2, -0.15) is 0 Å². The number of rotatable bonds is 3. The summed E-state index contributed by atoms with van der Waals surface area (Å²) in [7, 11) is 1.32. The number of imidazole rings is 1. The van der Waals surface area contributed by atoms with Crippen LogP contribution in [0, 0.1) is 0 Å². The van der Waals surface area contributed by atoms with Gasteiger partial charge in [-0.15, -0.1) is 0 Å². The summed E-state index contributed by atoms with van der Waals surface area (Å²) >= 11 is 12.0. The summed E-state index contributed by atoms with van der Waals surface area (Å²) in [6.45, 7) is 0. The minimum Gasteiger partial charge on any atom is -0.464 e. The molecule has 0 aliphatic carbocycles. The second-order valence-corrected chi connectivity index (χ2v) is 4.41. The summed E-state index contributed by atoms with van der Waals surface area (Å²) in [5.41, 5.74) is 1.15. The Morgan fingerprint density at radius 3 is 2.94 bits per heavy atom. The number of carbonyl (C=O) groups excluding carboxylic acids is 1. The van der Waals surface area contributed by atoms with Crippen molar-refractivity contribution in [1.82, 2.24) is 9.97 Å². The van der Waals surface area contributed by atoms with Crippen LogP contribution in [0.3, 0.4) is 0 Å². The van der Waals surface area contributed by atoms with Crippen molar-refractivity contribution in [3.05, 3.63) is 51.5 Å². The lowest BCUT2D eigenvalue weighted by Gasteiger charge is -2.03. The molecule has 4 nitrogen and oxygen atoms in total. The summed E-state index contributed by atoms with van der Waals surface area (Å²) in [4.78, 5) is 18.2. The van der Waals surface area contributed by atoms with Gasteiger partial charge in [-0.1, -0.05) is 35.3 Å². The number of aromatic amines is 1. The van der Waals surface area contributed by atoms with Gasteiger partial charge in [0, 0.05) is 6.42 Å². The number of nitrogens with one attached hydrogen (secondary N) is 1. The first-order valence-corrected chi connectivity index (χ1v) is 5.92. The highest BCUT2D eigenvalue weighted by Gasteiger charge is 2.11. The molecule has 1 heterocycles. The third-order valence-electron chi connectivity index (χ3n) is 2.42. The quantitative estimate of drug-likeness (QED) is 0.882. The predicted molar refractivity (Wildman–Crippen MR) is 69.2 cm³/mol. The van der Waals surface area contributed by atoms with Gasteiger partial charge in [0.1, 0.15) is 11.5 Å². The molecule has 0 aliphatic rings. The lowest BCUT2D eigenvalue weighted by Crippen LogP contribution is -2.01. The topological polar surface area (TPSA) is 55.0 Å². The fourth-order valence-electron chi connectivity index (χ4n) is 1.53. The highest BCUT2D eigenvalue weighted by Crippen LogP contribution is 2.26. The van der Waals surface area contributed by atoms with E-state index in [2.05, 4.69) is 14.7 Å². The number of H-pyrrole nitrogens is 1. The number of carbonyl (C=O) groups is 1. The number of benzene rings is 1. The fourth-order valence-corrected chi connectivity index (χ4v) is 1.92. The minimum atomic E-state index is -0.453. The van der Waals surface area contributed by atoms with E-state index < -0.39 is 5.97 Å². The molecular formula is C12H10Cl2N2O2. The number of aromatic nitrogens is 2. The summed E-state index contributed by atoms with van der Waals surface area (Å²) in [6.07, 6.45) is 1.90. The molecule has 0 saturated heterocycles. The molecule has 1 aromatic heterocycles. The fraction of sp³-hybridized carbons (Fsp3) is 0.167. The highest BCUT2D eigenvalue weighted by atomic mass is 35.5. The summed E-state index contributed by atoms with van der Waals surface area (Å²) in [6, 6.07) is 5.39. The van der Waals surface area contributed by atoms with Crippen molar-refractivity contribution in [2.75, 3.05) is 7.11 Å². The monoisotopic (exact) mass is 284 g/mol. The normalized spacial score (nSPS) is 10.4. The van der Waals surface area contributed by atoms with Gasteiger partial charge < -0.3 is 9.72 Å². The number of halogens is 2. The molecule has 0 aliphatic heterocycles. The van der Waals surface area contributed by atoms with E-state index in [1.807, 2.05) is 12.1 Å². The van der Waals surface area contributed by atoms with Crippen LogP contribution in [0.25, 0.3) is 0 Å². The molecule has 0 atom stereocenters. The first-order valence-electron chi connectivity index (χ1n) is 5.17. The van der Waals surface area contributed by atoms with Crippen molar-refractivity contribution in [2.24, 2.45) is 0 Å². The zero-order chi connectivity index (χ0) is 13.1. The molecule has 2 rings (SSSR count). The van der Waals surface area contributed by atoms with Gasteiger partial charge in [0.15, 0.2) is 0 Å². The standard InChI is InChI=1S/C12H10Cl2N2O2/c1-18-12(17)9-6-15-10(16-9)5-7-3-2-4-8(13)11(7)14/h2-4,6H,5H2,1H3,(H,15,16). The average Bonchev–Trinajstić information content (AvgIpc) is 2.82. The SMILES string of the molecule is COC(=O)c1cnc(Cc2cccc(Cl)c2Cl)[nH]1. The molecule has 18 heavy (non-hydrogen) atoms. The largest absolute Gasteiger partial charge is 0.464 e. The Hall–Kier alpha value is -1.52. The molecule has 0 unspecified atom stereocenters. The zero-order valence-electron chi connectivity index (χ0n) is 9.54. The van der Waals surface area contributed by atoms with Gasteiger partial charge in [0.05, 0.1) is 23.4 Å². The molecule has 1 aromatic carbocycles. The average molecular weight is 285 g/mol. The van der Waals surface area contributed by atoms with Crippen LogP contribution in [0.15, 0.2) is 24.4 Å². The van der Waals surface area contributed by atoms with E-state index >= 15 is 0 Å². The highest BCUT2D eigenvalue weighted by molar-refractivity contribution is 6.42. The third-order valence-corrected chi connectivity index (χ3v) is 3.28. The van der Waals surface area contributed by atoms with Crippen LogP contribution in [0.4, 0.5) is 0 Å². The Morgan fingerprint density at radius 2 is 2.22 bits per heavy atom. The van der Waals surface area contributed by atoms with Gasteiger partial charge in [-0.3, -0.25) is 0 Å². The molecule has 0 amide bonds. The Kier molecular flexibility index (Phi) is 3.89. The van der Waals surface area contributed by atoms with Crippen LogP contribution in [0.2, 0.25) is 10.0 Å².